The summed E-state index contributed by atoms with van der Waals surface area (Å²) in [7, 11) is 0. The topological polar surface area (TPSA) is 30.2 Å². The average Bonchev–Trinajstić information content (AvgIpc) is 2.87. The van der Waals surface area contributed by atoms with Crippen LogP contribution in [0, 0.1) is 0 Å². The van der Waals surface area contributed by atoms with E-state index < -0.39 is 0 Å². The Morgan fingerprint density at radius 1 is 1.36 bits per heavy atom. The summed E-state index contributed by atoms with van der Waals surface area (Å²) in [6.45, 7) is 0. The van der Waals surface area contributed by atoms with E-state index in [0.29, 0.717) is 5.92 Å². The van der Waals surface area contributed by atoms with Crippen LogP contribution in [0.2, 0.25) is 0 Å². The summed E-state index contributed by atoms with van der Waals surface area (Å²) < 4.78 is 3.35. The van der Waals surface area contributed by atoms with Gasteiger partial charge in [0.05, 0.1) is 0 Å². The van der Waals surface area contributed by atoms with Crippen LogP contribution in [0.5, 0.6) is 0 Å². The molecule has 5 heteroatoms. The van der Waals surface area contributed by atoms with Gasteiger partial charge in [0.25, 0.3) is 0 Å². The van der Waals surface area contributed by atoms with E-state index in [2.05, 4.69) is 32.9 Å². The van der Waals surface area contributed by atoms with Crippen molar-refractivity contribution in [3.63, 3.8) is 0 Å². The van der Waals surface area contributed by atoms with Crippen LogP contribution in [-0.2, 0) is 0 Å². The molecular weight excluding hydrogens is 210 g/mol. The molecule has 2 aromatic heterocycles. The Balaban J connectivity index is 0.000000750. The molecule has 0 saturated heterocycles. The molecule has 3 rings (SSSR count). The van der Waals surface area contributed by atoms with Crippen LogP contribution >= 0.6 is 0 Å². The number of fused-ring (bicyclic) bond motifs is 1. The van der Waals surface area contributed by atoms with Crippen molar-refractivity contribution in [3.8, 4) is 0 Å². The zero-order valence-electron chi connectivity index (χ0n) is 7.65. The molecule has 0 radical (unpaired) electrons. The van der Waals surface area contributed by atoms with Crippen LogP contribution < -0.4 is 16.1 Å². The van der Waals surface area contributed by atoms with Crippen molar-refractivity contribution in [1.82, 2.24) is 14.6 Å². The molecule has 0 aromatic carbocycles. The standard InChI is InChI=1S/C9H8N3.ClH.Mg/c1-2-6-12-8(3-1)10-11-9(12)7-4-5-7;;/h1-2,6-7H,4-5H2;1H;/q;;+1/p-1. The Labute approximate surface area is 101 Å². The molecule has 14 heavy (non-hydrogen) atoms. The van der Waals surface area contributed by atoms with Gasteiger partial charge < -0.3 is 12.4 Å². The van der Waals surface area contributed by atoms with Gasteiger partial charge in [-0.1, -0.05) is 0 Å². The monoisotopic (exact) mass is 217 g/mol. The van der Waals surface area contributed by atoms with E-state index in [1.807, 2.05) is 21.7 Å². The maximum atomic E-state index is 4.24. The summed E-state index contributed by atoms with van der Waals surface area (Å²) in [5, 5.41) is 8.43. The quantitative estimate of drug-likeness (QED) is 0.491. The molecule has 0 amide bonds. The average molecular weight is 218 g/mol. The van der Waals surface area contributed by atoms with E-state index in [0.717, 1.165) is 11.5 Å². The number of hydrogen-bond donors (Lipinski definition) is 0. The molecule has 0 bridgehead atoms. The Morgan fingerprint density at radius 3 is 2.86 bits per heavy atom. The second-order valence-electron chi connectivity index (χ2n) is 3.56. The maximum absolute atomic E-state index is 4.24. The molecule has 0 spiro atoms. The van der Waals surface area contributed by atoms with E-state index in [4.69, 9.17) is 0 Å². The van der Waals surface area contributed by atoms with E-state index >= 15 is 0 Å². The molecule has 0 aliphatic heterocycles. The predicted octanol–water partition coefficient (Wildman–Crippen LogP) is -2.60. The van der Waals surface area contributed by atoms with Gasteiger partial charge in [0.2, 0.25) is 0 Å². The number of pyridine rings is 1. The van der Waals surface area contributed by atoms with Crippen molar-refractivity contribution < 1.29 is 12.4 Å². The first-order valence-corrected chi connectivity index (χ1v) is 5.22. The Bertz CT molecular complexity index is 464. The number of halogens is 1. The van der Waals surface area contributed by atoms with Crippen molar-refractivity contribution in [1.29, 1.82) is 0 Å². The fourth-order valence-electron chi connectivity index (χ4n) is 1.61. The first kappa shape index (κ1) is 10.2. The first-order valence-electron chi connectivity index (χ1n) is 4.52. The molecule has 1 fully saturated rings. The van der Waals surface area contributed by atoms with Crippen LogP contribution in [0.1, 0.15) is 24.6 Å². The van der Waals surface area contributed by atoms with Gasteiger partial charge in [-0.3, -0.25) is 0 Å². The minimum atomic E-state index is 0. The van der Waals surface area contributed by atoms with Crippen LogP contribution in [0.3, 0.4) is 0 Å². The van der Waals surface area contributed by atoms with Crippen LogP contribution in [0.15, 0.2) is 18.3 Å². The van der Waals surface area contributed by atoms with Gasteiger partial charge in [-0.25, -0.2) is 0 Å². The molecule has 0 atom stereocenters. The number of aromatic nitrogens is 3. The van der Waals surface area contributed by atoms with Gasteiger partial charge in [0.15, 0.2) is 0 Å². The van der Waals surface area contributed by atoms with E-state index in [-0.39, 0.29) is 12.4 Å². The Morgan fingerprint density at radius 2 is 2.14 bits per heavy atom. The second kappa shape index (κ2) is 3.68. The van der Waals surface area contributed by atoms with Crippen LogP contribution in [0.25, 0.3) is 5.65 Å². The number of hydrogen-bond acceptors (Lipinski definition) is 2. The first-order chi connectivity index (χ1) is 6.36. The van der Waals surface area contributed by atoms with Crippen LogP contribution in [0.4, 0.5) is 0 Å². The third-order valence-corrected chi connectivity index (χ3v) is 3.04. The molecular formula is C9H8ClMgN3. The summed E-state index contributed by atoms with van der Waals surface area (Å²) in [6.07, 6.45) is 4.61. The summed E-state index contributed by atoms with van der Waals surface area (Å²) in [5.74, 6) is 1.81. The van der Waals surface area contributed by atoms with Gasteiger partial charge in [0, 0.05) is 0 Å². The van der Waals surface area contributed by atoms with Gasteiger partial charge in [-0.15, -0.1) is 0 Å². The van der Waals surface area contributed by atoms with E-state index in [9.17, 15) is 0 Å². The number of nitrogens with zero attached hydrogens (tertiary/aromatic N) is 3. The second-order valence-corrected chi connectivity index (χ2v) is 4.32. The molecule has 3 nitrogen and oxygen atoms in total. The predicted molar refractivity (Wildman–Crippen MR) is 50.4 cm³/mol. The van der Waals surface area contributed by atoms with E-state index in [1.165, 1.54) is 16.5 Å². The molecule has 1 saturated carbocycles. The Hall–Kier alpha value is -0.324. The van der Waals surface area contributed by atoms with Gasteiger partial charge in [0.1, 0.15) is 0 Å². The fraction of sp³-hybridized carbons (Fsp3) is 0.333. The van der Waals surface area contributed by atoms with Crippen LogP contribution in [-0.4, -0.2) is 36.3 Å². The van der Waals surface area contributed by atoms with Crippen molar-refractivity contribution in [2.45, 2.75) is 18.8 Å². The molecule has 1 aliphatic rings. The van der Waals surface area contributed by atoms with Gasteiger partial charge in [-0.2, -0.15) is 0 Å². The SMILES string of the molecule is [Cl-].[Mg+][c]1cccn2c(C3CC3)nnc12. The summed E-state index contributed by atoms with van der Waals surface area (Å²) in [4.78, 5) is 0. The zero-order chi connectivity index (χ0) is 8.84. The molecule has 2 aromatic rings. The third kappa shape index (κ3) is 1.51. The minimum absolute atomic E-state index is 0. The fourth-order valence-corrected chi connectivity index (χ4v) is 1.99. The van der Waals surface area contributed by atoms with Gasteiger partial charge in [-0.05, 0) is 0 Å². The molecule has 0 N–H and O–H groups in total. The summed E-state index contributed by atoms with van der Waals surface area (Å²) in [6, 6.07) is 4.14. The number of rotatable bonds is 1. The molecule has 0 unspecified atom stereocenters. The van der Waals surface area contributed by atoms with Crippen molar-refractivity contribution in [2.75, 3.05) is 0 Å². The van der Waals surface area contributed by atoms with Crippen molar-refractivity contribution in [3.05, 3.63) is 24.2 Å². The van der Waals surface area contributed by atoms with E-state index in [1.54, 1.807) is 0 Å². The van der Waals surface area contributed by atoms with Crippen molar-refractivity contribution >= 4 is 31.0 Å². The molecule has 1 aliphatic carbocycles. The summed E-state index contributed by atoms with van der Waals surface area (Å²) >= 11 is 1.86. The Kier molecular flexibility index (Phi) is 2.68. The molecule has 2 heterocycles. The third-order valence-electron chi connectivity index (χ3n) is 2.48. The van der Waals surface area contributed by atoms with Gasteiger partial charge >= 0.3 is 88.6 Å². The normalized spacial score (nSPS) is 15.6. The van der Waals surface area contributed by atoms with Crippen molar-refractivity contribution in [2.24, 2.45) is 0 Å². The zero-order valence-corrected chi connectivity index (χ0v) is 9.82. The molecule has 68 valence electrons. The summed E-state index contributed by atoms with van der Waals surface area (Å²) in [5.41, 5.74) is 1.02.